The second-order valence-corrected chi connectivity index (χ2v) is 8.19. The monoisotopic (exact) mass is 432 g/mol. The second-order valence-electron chi connectivity index (χ2n) is 8.19. The third-order valence-electron chi connectivity index (χ3n) is 6.32. The van der Waals surface area contributed by atoms with Crippen LogP contribution in [-0.4, -0.2) is 44.4 Å². The number of nitrogens with one attached hydrogen (secondary N) is 3. The highest BCUT2D eigenvalue weighted by atomic mass is 16.6. The van der Waals surface area contributed by atoms with Crippen LogP contribution in [0.3, 0.4) is 0 Å². The SMILES string of the molecule is CCC(=N)C12CC1N2C(=O)OC1CCCC1.CCc1cc(=O)oc2[nH]c(=O)[nH]c(=O)c12.[HH]. The van der Waals surface area contributed by atoms with Crippen molar-refractivity contribution in [3.8, 4) is 0 Å². The molecule has 5 rings (SSSR count). The summed E-state index contributed by atoms with van der Waals surface area (Å²) in [5, 5.41) is 8.07. The van der Waals surface area contributed by atoms with Gasteiger partial charge in [0.1, 0.15) is 17.0 Å². The molecule has 3 heterocycles. The van der Waals surface area contributed by atoms with Crippen molar-refractivity contribution < 1.29 is 15.4 Å². The average Bonchev–Trinajstić information content (AvgIpc) is 3.53. The van der Waals surface area contributed by atoms with Crippen LogP contribution in [0.25, 0.3) is 11.1 Å². The maximum absolute atomic E-state index is 11.8. The van der Waals surface area contributed by atoms with Crippen LogP contribution >= 0.6 is 0 Å². The van der Waals surface area contributed by atoms with E-state index in [4.69, 9.17) is 14.6 Å². The zero-order chi connectivity index (χ0) is 22.3. The number of hydrogen-bond donors (Lipinski definition) is 3. The van der Waals surface area contributed by atoms with E-state index in [0.29, 0.717) is 23.7 Å². The molecule has 3 N–H and O–H groups in total. The summed E-state index contributed by atoms with van der Waals surface area (Å²) in [7, 11) is 0. The summed E-state index contributed by atoms with van der Waals surface area (Å²) in [5.41, 5.74) is -0.837. The van der Waals surface area contributed by atoms with Crippen LogP contribution in [0, 0.1) is 5.41 Å². The predicted molar refractivity (Wildman–Crippen MR) is 115 cm³/mol. The number of H-pyrrole nitrogens is 2. The summed E-state index contributed by atoms with van der Waals surface area (Å²) < 4.78 is 10.2. The lowest BCUT2D eigenvalue weighted by atomic mass is 10.1. The minimum atomic E-state index is -0.691. The van der Waals surface area contributed by atoms with Crippen molar-refractivity contribution in [2.75, 3.05) is 0 Å². The number of aromatic amines is 2. The lowest BCUT2D eigenvalue weighted by molar-refractivity contribution is 0.0782. The standard InChI is InChI=1S/C12H18N2O2.C9H8N2O4.H2/c1-2-9(13)12-7-10(12)14(12)11(15)16-8-5-3-4-6-8;1-2-4-3-5(12)15-8-6(4)7(13)10-9(14)11-8;/h8,10,13H,2-7H2,1H3;3H,2H2,1H3,(H2,10,11,13,14);1H. The normalized spacial score (nSPS) is 23.7. The Morgan fingerprint density at radius 2 is 2.00 bits per heavy atom. The molecule has 10 nitrogen and oxygen atoms in total. The molecule has 0 spiro atoms. The largest absolute Gasteiger partial charge is 0.446 e. The fraction of sp³-hybridized carbons (Fsp3) is 0.571. The van der Waals surface area contributed by atoms with E-state index in [2.05, 4.69) is 9.97 Å². The number of aryl methyl sites for hydroxylation is 1. The molecule has 0 aromatic carbocycles. The lowest BCUT2D eigenvalue weighted by Crippen LogP contribution is -2.32. The highest BCUT2D eigenvalue weighted by Gasteiger charge is 2.82. The molecule has 2 aliphatic carbocycles. The number of nitrogens with zero attached hydrogens (tertiary/aromatic N) is 1. The molecular formula is C21H28N4O6. The van der Waals surface area contributed by atoms with E-state index < -0.39 is 16.9 Å². The number of carbonyl (C=O) groups is 1. The van der Waals surface area contributed by atoms with Gasteiger partial charge in [-0.1, -0.05) is 13.8 Å². The minimum Gasteiger partial charge on any atom is -0.446 e. The van der Waals surface area contributed by atoms with Crippen LogP contribution in [-0.2, 0) is 11.2 Å². The Kier molecular flexibility index (Phi) is 5.32. The third-order valence-corrected chi connectivity index (χ3v) is 6.32. The highest BCUT2D eigenvalue weighted by Crippen LogP contribution is 2.64. The number of fused-ring (bicyclic) bond motifs is 2. The van der Waals surface area contributed by atoms with Crippen molar-refractivity contribution in [3.05, 3.63) is 42.9 Å². The van der Waals surface area contributed by atoms with E-state index >= 15 is 0 Å². The van der Waals surface area contributed by atoms with Gasteiger partial charge in [0, 0.05) is 19.6 Å². The fourth-order valence-electron chi connectivity index (χ4n) is 4.43. The number of ether oxygens (including phenoxy) is 1. The summed E-state index contributed by atoms with van der Waals surface area (Å²) in [4.78, 5) is 51.4. The third kappa shape index (κ3) is 3.70. The minimum absolute atomic E-state index is 0. The number of hydrogen-bond acceptors (Lipinski definition) is 7. The molecule has 2 unspecified atom stereocenters. The zero-order valence-corrected chi connectivity index (χ0v) is 17.6. The van der Waals surface area contributed by atoms with Crippen molar-refractivity contribution in [2.24, 2.45) is 0 Å². The first-order valence-electron chi connectivity index (χ1n) is 10.7. The molecule has 0 radical (unpaired) electrons. The molecule has 10 heteroatoms. The number of amides is 1. The first-order chi connectivity index (χ1) is 14.8. The maximum atomic E-state index is 11.8. The molecule has 1 amide bonds. The van der Waals surface area contributed by atoms with Gasteiger partial charge in [-0.3, -0.25) is 19.7 Å². The van der Waals surface area contributed by atoms with E-state index in [1.807, 2.05) is 6.92 Å². The molecule has 168 valence electrons. The average molecular weight is 432 g/mol. The predicted octanol–water partition coefficient (Wildman–Crippen LogP) is 2.30. The van der Waals surface area contributed by atoms with Gasteiger partial charge in [-0.25, -0.2) is 14.4 Å². The van der Waals surface area contributed by atoms with E-state index in [1.54, 1.807) is 11.8 Å². The van der Waals surface area contributed by atoms with Crippen molar-refractivity contribution in [2.45, 2.75) is 76.5 Å². The van der Waals surface area contributed by atoms with Gasteiger partial charge in [0.25, 0.3) is 5.56 Å². The Bertz CT molecular complexity index is 1210. The van der Waals surface area contributed by atoms with Crippen molar-refractivity contribution in [1.29, 1.82) is 5.41 Å². The molecule has 3 aliphatic rings. The molecule has 31 heavy (non-hydrogen) atoms. The van der Waals surface area contributed by atoms with E-state index in [-0.39, 0.29) is 30.3 Å². The van der Waals surface area contributed by atoms with Crippen LogP contribution in [0.1, 0.15) is 59.4 Å². The van der Waals surface area contributed by atoms with Gasteiger partial charge in [0.15, 0.2) is 0 Å². The first-order valence-corrected chi connectivity index (χ1v) is 10.7. The Labute approximate surface area is 178 Å². The van der Waals surface area contributed by atoms with Crippen LogP contribution in [0.2, 0.25) is 0 Å². The Balaban J connectivity index is 0.000000176. The van der Waals surface area contributed by atoms with Gasteiger partial charge in [-0.2, -0.15) is 0 Å². The van der Waals surface area contributed by atoms with Gasteiger partial charge < -0.3 is 14.6 Å². The van der Waals surface area contributed by atoms with Crippen molar-refractivity contribution in [1.82, 2.24) is 14.9 Å². The van der Waals surface area contributed by atoms with Crippen LogP contribution in [0.15, 0.2) is 24.9 Å². The van der Waals surface area contributed by atoms with Gasteiger partial charge in [-0.05, 0) is 44.1 Å². The number of likely N-dealkylation sites (tertiary alicyclic amines) is 1. The summed E-state index contributed by atoms with van der Waals surface area (Å²) in [6, 6.07) is 1.55. The number of rotatable bonds is 4. The van der Waals surface area contributed by atoms with Crippen LogP contribution < -0.4 is 16.9 Å². The van der Waals surface area contributed by atoms with Gasteiger partial charge in [0.2, 0.25) is 5.71 Å². The molecule has 2 aromatic heterocycles. The van der Waals surface area contributed by atoms with Crippen molar-refractivity contribution in [3.63, 3.8) is 0 Å². The first kappa shape index (κ1) is 21.1. The maximum Gasteiger partial charge on any atom is 0.411 e. The quantitative estimate of drug-likeness (QED) is 0.498. The molecule has 0 bridgehead atoms. The molecule has 1 aliphatic heterocycles. The molecule has 2 saturated carbocycles. The molecule has 1 saturated heterocycles. The molecule has 2 aromatic rings. The molecular weight excluding hydrogens is 404 g/mol. The fourth-order valence-corrected chi connectivity index (χ4v) is 4.43. The zero-order valence-electron chi connectivity index (χ0n) is 17.6. The van der Waals surface area contributed by atoms with Crippen LogP contribution in [0.4, 0.5) is 4.79 Å². The summed E-state index contributed by atoms with van der Waals surface area (Å²) in [6.45, 7) is 3.78. The smallest absolute Gasteiger partial charge is 0.411 e. The van der Waals surface area contributed by atoms with Crippen molar-refractivity contribution >= 4 is 22.9 Å². The van der Waals surface area contributed by atoms with E-state index in [0.717, 1.165) is 25.7 Å². The summed E-state index contributed by atoms with van der Waals surface area (Å²) in [6.07, 6.45) is 6.58. The Morgan fingerprint density at radius 1 is 1.29 bits per heavy atom. The topological polar surface area (TPSA) is 149 Å². The van der Waals surface area contributed by atoms with Crippen LogP contribution in [0.5, 0.6) is 0 Å². The Morgan fingerprint density at radius 3 is 2.61 bits per heavy atom. The highest BCUT2D eigenvalue weighted by molar-refractivity contribution is 6.04. The summed E-state index contributed by atoms with van der Waals surface area (Å²) >= 11 is 0. The van der Waals surface area contributed by atoms with Gasteiger partial charge in [0.05, 0.1) is 6.04 Å². The van der Waals surface area contributed by atoms with E-state index in [1.165, 1.54) is 18.9 Å². The lowest BCUT2D eigenvalue weighted by Gasteiger charge is -2.18. The van der Waals surface area contributed by atoms with E-state index in [9.17, 15) is 19.2 Å². The Hall–Kier alpha value is -3.17. The van der Waals surface area contributed by atoms with Gasteiger partial charge >= 0.3 is 17.4 Å². The second kappa shape index (κ2) is 7.82. The molecule has 3 fully saturated rings. The number of aromatic nitrogens is 2. The molecule has 2 atom stereocenters. The number of carbonyl (C=O) groups excluding carboxylic acids is 1. The summed E-state index contributed by atoms with van der Waals surface area (Å²) in [5.74, 6) is 0. The van der Waals surface area contributed by atoms with Gasteiger partial charge in [-0.15, -0.1) is 0 Å².